The van der Waals surface area contributed by atoms with E-state index >= 15 is 0 Å². The summed E-state index contributed by atoms with van der Waals surface area (Å²) in [6.45, 7) is 6.43. The highest BCUT2D eigenvalue weighted by Gasteiger charge is 2.07. The topological polar surface area (TPSA) is 40.5 Å². The van der Waals surface area contributed by atoms with E-state index in [-0.39, 0.29) is 12.5 Å². The Hall–Kier alpha value is -1.87. The lowest BCUT2D eigenvalue weighted by Crippen LogP contribution is -2.32. The third kappa shape index (κ3) is 5.10. The number of aliphatic hydroxyl groups excluding tert-OH is 1. The van der Waals surface area contributed by atoms with Crippen LogP contribution in [0.15, 0.2) is 43.0 Å². The molecule has 0 fully saturated rings. The summed E-state index contributed by atoms with van der Waals surface area (Å²) in [7, 11) is 0. The molecule has 0 aliphatic rings. The van der Waals surface area contributed by atoms with E-state index in [1.165, 1.54) is 11.6 Å². The zero-order valence-corrected chi connectivity index (χ0v) is 11.4. The molecular weight excluding hydrogens is 238 g/mol. The van der Waals surface area contributed by atoms with Crippen molar-refractivity contribution in [2.24, 2.45) is 0 Å². The molecule has 0 saturated carbocycles. The summed E-state index contributed by atoms with van der Waals surface area (Å²) in [5.74, 6) is -0.117. The third-order valence-corrected chi connectivity index (χ3v) is 2.84. The minimum absolute atomic E-state index is 0.0430. The Balaban J connectivity index is 2.67. The minimum atomic E-state index is -0.117. The number of aliphatic hydroxyl groups is 1. The van der Waals surface area contributed by atoms with Gasteiger partial charge in [0.15, 0.2) is 0 Å². The number of amides is 1. The van der Waals surface area contributed by atoms with Crippen molar-refractivity contribution in [1.29, 1.82) is 0 Å². The molecule has 3 nitrogen and oxygen atoms in total. The molecule has 19 heavy (non-hydrogen) atoms. The van der Waals surface area contributed by atoms with Crippen molar-refractivity contribution in [3.05, 3.63) is 54.1 Å². The average Bonchev–Trinajstić information content (AvgIpc) is 2.45. The molecule has 0 radical (unpaired) electrons. The molecule has 1 N–H and O–H groups in total. The molecule has 1 amide bonds. The smallest absolute Gasteiger partial charge is 0.246 e. The molecule has 0 unspecified atom stereocenters. The summed E-state index contributed by atoms with van der Waals surface area (Å²) < 4.78 is 0. The molecule has 0 aliphatic heterocycles. The lowest BCUT2D eigenvalue weighted by Gasteiger charge is -2.17. The lowest BCUT2D eigenvalue weighted by atomic mass is 10.1. The highest BCUT2D eigenvalue weighted by atomic mass is 16.3. The van der Waals surface area contributed by atoms with Crippen molar-refractivity contribution in [3.8, 4) is 0 Å². The SMILES string of the molecule is C=CCN(CCO)C(=O)/C=C/c1ccc(CC)cc1. The van der Waals surface area contributed by atoms with Crippen LogP contribution >= 0.6 is 0 Å². The van der Waals surface area contributed by atoms with Crippen LogP contribution in [0.5, 0.6) is 0 Å². The number of benzene rings is 1. The molecule has 0 bridgehead atoms. The van der Waals surface area contributed by atoms with E-state index in [2.05, 4.69) is 25.6 Å². The second kappa shape index (κ2) is 8.27. The van der Waals surface area contributed by atoms with Crippen LogP contribution < -0.4 is 0 Å². The van der Waals surface area contributed by atoms with Gasteiger partial charge in [-0.2, -0.15) is 0 Å². The van der Waals surface area contributed by atoms with E-state index in [4.69, 9.17) is 5.11 Å². The van der Waals surface area contributed by atoms with Gasteiger partial charge >= 0.3 is 0 Å². The fourth-order valence-corrected chi connectivity index (χ4v) is 1.71. The van der Waals surface area contributed by atoms with Crippen LogP contribution in [0.1, 0.15) is 18.1 Å². The number of aryl methyl sites for hydroxylation is 1. The summed E-state index contributed by atoms with van der Waals surface area (Å²) >= 11 is 0. The Morgan fingerprint density at radius 1 is 1.37 bits per heavy atom. The van der Waals surface area contributed by atoms with E-state index in [1.54, 1.807) is 17.1 Å². The highest BCUT2D eigenvalue weighted by Crippen LogP contribution is 2.07. The van der Waals surface area contributed by atoms with Crippen LogP contribution in [-0.4, -0.2) is 35.6 Å². The van der Waals surface area contributed by atoms with Crippen molar-refractivity contribution < 1.29 is 9.90 Å². The van der Waals surface area contributed by atoms with Crippen molar-refractivity contribution >= 4 is 12.0 Å². The van der Waals surface area contributed by atoms with Crippen molar-refractivity contribution in [2.45, 2.75) is 13.3 Å². The maximum absolute atomic E-state index is 11.9. The van der Waals surface area contributed by atoms with Crippen LogP contribution in [0, 0.1) is 0 Å². The first-order valence-electron chi connectivity index (χ1n) is 6.49. The number of carbonyl (C=O) groups excluding carboxylic acids is 1. The summed E-state index contributed by atoms with van der Waals surface area (Å²) in [5.41, 5.74) is 2.27. The van der Waals surface area contributed by atoms with E-state index < -0.39 is 0 Å². The van der Waals surface area contributed by atoms with Gasteiger partial charge in [0.05, 0.1) is 6.61 Å². The summed E-state index contributed by atoms with van der Waals surface area (Å²) in [6.07, 6.45) is 5.97. The summed E-state index contributed by atoms with van der Waals surface area (Å²) in [5, 5.41) is 8.90. The molecule has 0 aromatic heterocycles. The number of carbonyl (C=O) groups is 1. The number of hydrogen-bond acceptors (Lipinski definition) is 2. The Kier molecular flexibility index (Phi) is 6.61. The first kappa shape index (κ1) is 15.2. The van der Waals surface area contributed by atoms with Crippen LogP contribution in [0.4, 0.5) is 0 Å². The summed E-state index contributed by atoms with van der Waals surface area (Å²) in [4.78, 5) is 13.4. The number of nitrogens with zero attached hydrogens (tertiary/aromatic N) is 1. The third-order valence-electron chi connectivity index (χ3n) is 2.84. The second-order valence-corrected chi connectivity index (χ2v) is 4.23. The molecule has 102 valence electrons. The Morgan fingerprint density at radius 2 is 2.05 bits per heavy atom. The van der Waals surface area contributed by atoms with Crippen LogP contribution in [0.3, 0.4) is 0 Å². The van der Waals surface area contributed by atoms with Crippen LogP contribution in [0.25, 0.3) is 6.08 Å². The van der Waals surface area contributed by atoms with Gasteiger partial charge in [0.1, 0.15) is 0 Å². The molecule has 1 rings (SSSR count). The standard InChI is InChI=1S/C16H21NO2/c1-3-11-17(12-13-18)16(19)10-9-15-7-5-14(4-2)6-8-15/h3,5-10,18H,1,4,11-13H2,2H3/b10-9+. The summed E-state index contributed by atoms with van der Waals surface area (Å²) in [6, 6.07) is 8.09. The van der Waals surface area contributed by atoms with E-state index in [1.807, 2.05) is 12.1 Å². The van der Waals surface area contributed by atoms with Gasteiger partial charge in [0, 0.05) is 19.2 Å². The van der Waals surface area contributed by atoms with Crippen LogP contribution in [-0.2, 0) is 11.2 Å². The number of rotatable bonds is 7. The van der Waals surface area contributed by atoms with E-state index in [0.717, 1.165) is 12.0 Å². The molecular formula is C16H21NO2. The Morgan fingerprint density at radius 3 is 2.58 bits per heavy atom. The molecule has 1 aromatic carbocycles. The number of hydrogen-bond donors (Lipinski definition) is 1. The Bertz CT molecular complexity index is 435. The van der Waals surface area contributed by atoms with E-state index in [9.17, 15) is 4.79 Å². The minimum Gasteiger partial charge on any atom is -0.395 e. The quantitative estimate of drug-likeness (QED) is 0.603. The molecule has 0 atom stereocenters. The first-order chi connectivity index (χ1) is 9.21. The zero-order chi connectivity index (χ0) is 14.1. The van der Waals surface area contributed by atoms with Gasteiger partial charge in [0.2, 0.25) is 5.91 Å². The Labute approximate surface area is 114 Å². The highest BCUT2D eigenvalue weighted by molar-refractivity contribution is 5.91. The van der Waals surface area contributed by atoms with Gasteiger partial charge < -0.3 is 10.0 Å². The normalized spacial score (nSPS) is 10.6. The van der Waals surface area contributed by atoms with Crippen LogP contribution in [0.2, 0.25) is 0 Å². The van der Waals surface area contributed by atoms with Gasteiger partial charge in [-0.05, 0) is 23.6 Å². The molecule has 0 spiro atoms. The molecule has 3 heteroatoms. The first-order valence-corrected chi connectivity index (χ1v) is 6.49. The fourth-order valence-electron chi connectivity index (χ4n) is 1.71. The molecule has 1 aromatic rings. The van der Waals surface area contributed by atoms with Crippen molar-refractivity contribution in [2.75, 3.05) is 19.7 Å². The average molecular weight is 259 g/mol. The van der Waals surface area contributed by atoms with Gasteiger partial charge in [-0.3, -0.25) is 4.79 Å². The van der Waals surface area contributed by atoms with Gasteiger partial charge in [0.25, 0.3) is 0 Å². The maximum Gasteiger partial charge on any atom is 0.246 e. The zero-order valence-electron chi connectivity index (χ0n) is 11.4. The maximum atomic E-state index is 11.9. The largest absolute Gasteiger partial charge is 0.395 e. The molecule has 0 aliphatic carbocycles. The molecule has 0 heterocycles. The molecule has 0 saturated heterocycles. The fraction of sp³-hybridized carbons (Fsp3) is 0.312. The van der Waals surface area contributed by atoms with Gasteiger partial charge in [-0.1, -0.05) is 37.3 Å². The predicted octanol–water partition coefficient (Wildman–Crippen LogP) is 2.27. The van der Waals surface area contributed by atoms with Crippen molar-refractivity contribution in [1.82, 2.24) is 4.90 Å². The second-order valence-electron chi connectivity index (χ2n) is 4.23. The van der Waals surface area contributed by atoms with Gasteiger partial charge in [-0.15, -0.1) is 6.58 Å². The van der Waals surface area contributed by atoms with Gasteiger partial charge in [-0.25, -0.2) is 0 Å². The monoisotopic (exact) mass is 259 g/mol. The predicted molar refractivity (Wildman–Crippen MR) is 78.7 cm³/mol. The van der Waals surface area contributed by atoms with E-state index in [0.29, 0.717) is 13.1 Å². The lowest BCUT2D eigenvalue weighted by molar-refractivity contribution is -0.125. The van der Waals surface area contributed by atoms with Crippen molar-refractivity contribution in [3.63, 3.8) is 0 Å².